The van der Waals surface area contributed by atoms with Crippen molar-refractivity contribution in [2.45, 2.75) is 33.3 Å². The summed E-state index contributed by atoms with van der Waals surface area (Å²) in [5.74, 6) is -0.354. The Kier molecular flexibility index (Phi) is 5.11. The first kappa shape index (κ1) is 16.7. The smallest absolute Gasteiger partial charge is 0.310 e. The maximum atomic E-state index is 12.1. The van der Waals surface area contributed by atoms with Crippen LogP contribution in [0.15, 0.2) is 42.5 Å². The number of nitrogens with zero attached hydrogens (tertiary/aromatic N) is 1. The van der Waals surface area contributed by atoms with Gasteiger partial charge in [-0.3, -0.25) is 14.9 Å². The summed E-state index contributed by atoms with van der Waals surface area (Å²) in [6.07, 6.45) is -0.352. The number of hydrogen-bond donors (Lipinski definition) is 0. The Morgan fingerprint density at radius 3 is 2.57 bits per heavy atom. The standard InChI is InChI=1S/C18H19NO4/c1-12-7-8-15(9-13(12)2)10-18(20)23-14(3)16-5-4-6-17(11-16)19(21)22/h4-9,11,14H,10H2,1-3H3/t14-/m1/s1. The zero-order chi connectivity index (χ0) is 17.0. The van der Waals surface area contributed by atoms with Gasteiger partial charge in [-0.25, -0.2) is 0 Å². The predicted molar refractivity (Wildman–Crippen MR) is 87.2 cm³/mol. The number of rotatable bonds is 5. The highest BCUT2D eigenvalue weighted by Gasteiger charge is 2.15. The van der Waals surface area contributed by atoms with Crippen LogP contribution in [0.25, 0.3) is 0 Å². The molecule has 2 aromatic carbocycles. The lowest BCUT2D eigenvalue weighted by molar-refractivity contribution is -0.385. The molecule has 0 saturated heterocycles. The van der Waals surface area contributed by atoms with Gasteiger partial charge in [0.25, 0.3) is 5.69 Å². The first-order valence-electron chi connectivity index (χ1n) is 7.37. The minimum absolute atomic E-state index is 0.0143. The molecule has 2 rings (SSSR count). The Hall–Kier alpha value is -2.69. The van der Waals surface area contributed by atoms with Crippen LogP contribution >= 0.6 is 0 Å². The molecule has 0 aromatic heterocycles. The van der Waals surface area contributed by atoms with Crippen molar-refractivity contribution in [1.29, 1.82) is 0 Å². The minimum Gasteiger partial charge on any atom is -0.458 e. The summed E-state index contributed by atoms with van der Waals surface area (Å²) in [6.45, 7) is 5.72. The fourth-order valence-electron chi connectivity index (χ4n) is 2.28. The predicted octanol–water partition coefficient (Wildman–Crippen LogP) is 4.06. The molecular formula is C18H19NO4. The minimum atomic E-state index is -0.533. The second kappa shape index (κ2) is 7.05. The zero-order valence-electron chi connectivity index (χ0n) is 13.4. The molecule has 5 nitrogen and oxygen atoms in total. The van der Waals surface area contributed by atoms with E-state index in [4.69, 9.17) is 4.74 Å². The van der Waals surface area contributed by atoms with Crippen LogP contribution in [0, 0.1) is 24.0 Å². The van der Waals surface area contributed by atoms with Gasteiger partial charge in [-0.1, -0.05) is 30.3 Å². The van der Waals surface area contributed by atoms with Crippen molar-refractivity contribution in [2.75, 3.05) is 0 Å². The van der Waals surface area contributed by atoms with Gasteiger partial charge in [0.2, 0.25) is 0 Å². The molecule has 0 N–H and O–H groups in total. The van der Waals surface area contributed by atoms with E-state index in [0.717, 1.165) is 11.1 Å². The Labute approximate surface area is 135 Å². The van der Waals surface area contributed by atoms with E-state index < -0.39 is 11.0 Å². The first-order chi connectivity index (χ1) is 10.9. The van der Waals surface area contributed by atoms with Crippen LogP contribution in [-0.4, -0.2) is 10.9 Å². The van der Waals surface area contributed by atoms with Gasteiger partial charge < -0.3 is 4.74 Å². The van der Waals surface area contributed by atoms with E-state index in [1.807, 2.05) is 32.0 Å². The lowest BCUT2D eigenvalue weighted by Crippen LogP contribution is -2.11. The molecule has 0 fully saturated rings. The van der Waals surface area contributed by atoms with Crippen LogP contribution in [0.3, 0.4) is 0 Å². The Morgan fingerprint density at radius 1 is 1.17 bits per heavy atom. The Morgan fingerprint density at radius 2 is 1.91 bits per heavy atom. The molecule has 1 atom stereocenters. The molecular weight excluding hydrogens is 294 g/mol. The topological polar surface area (TPSA) is 69.4 Å². The second-order valence-corrected chi connectivity index (χ2v) is 5.58. The summed E-state index contributed by atoms with van der Waals surface area (Å²) in [6, 6.07) is 12.0. The lowest BCUT2D eigenvalue weighted by Gasteiger charge is -2.14. The van der Waals surface area contributed by atoms with Crippen molar-refractivity contribution < 1.29 is 14.5 Å². The monoisotopic (exact) mass is 313 g/mol. The molecule has 23 heavy (non-hydrogen) atoms. The molecule has 0 saturated carbocycles. The molecule has 0 spiro atoms. The molecule has 0 aliphatic rings. The molecule has 2 aromatic rings. The van der Waals surface area contributed by atoms with Gasteiger partial charge >= 0.3 is 5.97 Å². The summed E-state index contributed by atoms with van der Waals surface area (Å²) < 4.78 is 5.38. The van der Waals surface area contributed by atoms with E-state index in [1.54, 1.807) is 19.1 Å². The van der Waals surface area contributed by atoms with Crippen LogP contribution in [0.5, 0.6) is 0 Å². The fourth-order valence-corrected chi connectivity index (χ4v) is 2.28. The largest absolute Gasteiger partial charge is 0.458 e. The Balaban J connectivity index is 2.03. The van der Waals surface area contributed by atoms with Crippen LogP contribution < -0.4 is 0 Å². The van der Waals surface area contributed by atoms with Gasteiger partial charge in [0.05, 0.1) is 11.3 Å². The van der Waals surface area contributed by atoms with Crippen molar-refractivity contribution in [1.82, 2.24) is 0 Å². The molecule has 0 aliphatic heterocycles. The molecule has 0 radical (unpaired) electrons. The number of carbonyl (C=O) groups excluding carboxylic acids is 1. The van der Waals surface area contributed by atoms with E-state index in [1.165, 1.54) is 17.7 Å². The van der Waals surface area contributed by atoms with Crippen molar-refractivity contribution >= 4 is 11.7 Å². The van der Waals surface area contributed by atoms with E-state index >= 15 is 0 Å². The van der Waals surface area contributed by atoms with E-state index in [2.05, 4.69) is 0 Å². The average Bonchev–Trinajstić information content (AvgIpc) is 2.51. The van der Waals surface area contributed by atoms with Gasteiger partial charge in [0.15, 0.2) is 0 Å². The van der Waals surface area contributed by atoms with Crippen LogP contribution in [-0.2, 0) is 16.0 Å². The van der Waals surface area contributed by atoms with E-state index in [-0.39, 0.29) is 18.1 Å². The number of nitro benzene ring substituents is 1. The number of aryl methyl sites for hydroxylation is 2. The summed E-state index contributed by atoms with van der Waals surface area (Å²) >= 11 is 0. The number of ether oxygens (including phenoxy) is 1. The SMILES string of the molecule is Cc1ccc(CC(=O)O[C@H](C)c2cccc([N+](=O)[O-])c2)cc1C. The highest BCUT2D eigenvalue weighted by atomic mass is 16.6. The van der Waals surface area contributed by atoms with Crippen LogP contribution in [0.2, 0.25) is 0 Å². The molecule has 120 valence electrons. The maximum Gasteiger partial charge on any atom is 0.310 e. The second-order valence-electron chi connectivity index (χ2n) is 5.58. The maximum absolute atomic E-state index is 12.1. The van der Waals surface area contributed by atoms with Gasteiger partial charge in [-0.15, -0.1) is 0 Å². The third-order valence-electron chi connectivity index (χ3n) is 3.78. The zero-order valence-corrected chi connectivity index (χ0v) is 13.4. The van der Waals surface area contributed by atoms with E-state index in [0.29, 0.717) is 5.56 Å². The molecule has 0 aliphatic carbocycles. The summed E-state index contributed by atoms with van der Waals surface area (Å²) in [7, 11) is 0. The summed E-state index contributed by atoms with van der Waals surface area (Å²) in [5.41, 5.74) is 3.78. The molecule has 0 amide bonds. The molecule has 0 heterocycles. The molecule has 0 bridgehead atoms. The van der Waals surface area contributed by atoms with Crippen molar-refractivity contribution in [3.63, 3.8) is 0 Å². The quantitative estimate of drug-likeness (QED) is 0.474. The summed E-state index contributed by atoms with van der Waals surface area (Å²) in [4.78, 5) is 22.4. The third kappa shape index (κ3) is 4.39. The van der Waals surface area contributed by atoms with Gasteiger partial charge in [-0.2, -0.15) is 0 Å². The van der Waals surface area contributed by atoms with E-state index in [9.17, 15) is 14.9 Å². The number of carbonyl (C=O) groups is 1. The van der Waals surface area contributed by atoms with Gasteiger partial charge in [0, 0.05) is 12.1 Å². The molecule has 5 heteroatoms. The number of esters is 1. The number of non-ortho nitro benzene ring substituents is 1. The highest BCUT2D eigenvalue weighted by Crippen LogP contribution is 2.22. The summed E-state index contributed by atoms with van der Waals surface area (Å²) in [5, 5.41) is 10.8. The van der Waals surface area contributed by atoms with Crippen molar-refractivity contribution in [3.8, 4) is 0 Å². The van der Waals surface area contributed by atoms with Crippen LogP contribution in [0.1, 0.15) is 35.3 Å². The fraction of sp³-hybridized carbons (Fsp3) is 0.278. The molecule has 0 unspecified atom stereocenters. The lowest BCUT2D eigenvalue weighted by atomic mass is 10.0. The normalized spacial score (nSPS) is 11.8. The Bertz CT molecular complexity index is 740. The van der Waals surface area contributed by atoms with Crippen molar-refractivity contribution in [3.05, 3.63) is 74.8 Å². The number of benzene rings is 2. The number of hydrogen-bond acceptors (Lipinski definition) is 4. The van der Waals surface area contributed by atoms with Gasteiger partial charge in [-0.05, 0) is 43.0 Å². The van der Waals surface area contributed by atoms with Crippen LogP contribution in [0.4, 0.5) is 5.69 Å². The average molecular weight is 313 g/mol. The third-order valence-corrected chi connectivity index (χ3v) is 3.78. The number of nitro groups is 1. The first-order valence-corrected chi connectivity index (χ1v) is 7.37. The van der Waals surface area contributed by atoms with Crippen molar-refractivity contribution in [2.24, 2.45) is 0 Å². The highest BCUT2D eigenvalue weighted by molar-refractivity contribution is 5.73. The van der Waals surface area contributed by atoms with Gasteiger partial charge in [0.1, 0.15) is 6.10 Å².